The summed E-state index contributed by atoms with van der Waals surface area (Å²) in [6.07, 6.45) is 4.38. The van der Waals surface area contributed by atoms with Crippen LogP contribution >= 0.6 is 23.3 Å². The number of nitrogens with one attached hydrogen (secondary N) is 1. The van der Waals surface area contributed by atoms with Gasteiger partial charge in [0.25, 0.3) is 0 Å². The first kappa shape index (κ1) is 25.4. The molecule has 0 fully saturated rings. The third-order valence-electron chi connectivity index (χ3n) is 4.52. The third kappa shape index (κ3) is 5.84. The minimum Gasteiger partial charge on any atom is -0.494 e. The van der Waals surface area contributed by atoms with Gasteiger partial charge < -0.3 is 9.47 Å². The summed E-state index contributed by atoms with van der Waals surface area (Å²) < 4.78 is 16.5. The van der Waals surface area contributed by atoms with Gasteiger partial charge in [-0.05, 0) is 43.5 Å². The molecule has 3 aromatic heterocycles. The van der Waals surface area contributed by atoms with Gasteiger partial charge >= 0.3 is 0 Å². The van der Waals surface area contributed by atoms with Crippen LogP contribution in [0.15, 0.2) is 36.0 Å². The van der Waals surface area contributed by atoms with Crippen LogP contribution in [-0.2, 0) is 6.42 Å². The van der Waals surface area contributed by atoms with Crippen LogP contribution in [0.3, 0.4) is 0 Å². The van der Waals surface area contributed by atoms with Crippen LogP contribution in [0.1, 0.15) is 30.9 Å². The van der Waals surface area contributed by atoms with E-state index < -0.39 is 0 Å². The number of aromatic nitrogens is 6. The van der Waals surface area contributed by atoms with Crippen LogP contribution in [0.4, 0.5) is 5.95 Å². The van der Waals surface area contributed by atoms with Crippen molar-refractivity contribution in [2.24, 2.45) is 0 Å². The Balaban J connectivity index is 0.00000158. The number of nitrogens with zero attached hydrogens (tertiary/aromatic N) is 6. The Morgan fingerprint density at radius 2 is 1.71 bits per heavy atom. The minimum atomic E-state index is 0.547. The maximum atomic E-state index is 5.63. The van der Waals surface area contributed by atoms with Crippen molar-refractivity contribution in [2.45, 2.75) is 34.1 Å². The van der Waals surface area contributed by atoms with Gasteiger partial charge in [0.1, 0.15) is 23.0 Å². The molecule has 4 rings (SSSR count). The highest BCUT2D eigenvalue weighted by atomic mass is 32.2. The normalized spacial score (nSPS) is 10.4. The van der Waals surface area contributed by atoms with Gasteiger partial charge in [-0.2, -0.15) is 0 Å². The lowest BCUT2D eigenvalue weighted by Crippen LogP contribution is -2.07. The highest BCUT2D eigenvalue weighted by molar-refractivity contribution is 8.00. The summed E-state index contributed by atoms with van der Waals surface area (Å²) in [5.41, 5.74) is 2.67. The first-order chi connectivity index (χ1) is 16.6. The molecule has 34 heavy (non-hydrogen) atoms. The van der Waals surface area contributed by atoms with Crippen molar-refractivity contribution in [3.8, 4) is 28.0 Å². The second-order valence-electron chi connectivity index (χ2n) is 6.86. The van der Waals surface area contributed by atoms with Gasteiger partial charge in [-0.1, -0.05) is 19.9 Å². The van der Waals surface area contributed by atoms with E-state index in [0.29, 0.717) is 29.0 Å². The van der Waals surface area contributed by atoms with E-state index in [9.17, 15) is 0 Å². The standard InChI is InChI=1S/C21H23N7O2S2.C2H6/c1-13-10-22-17(23-11-13)8-9-32-27-21-26-25-19(20-24-14(2)12-31-20)28(21)18-15(29-3)6-5-7-16(18)30-4;1-2/h5-7,10-12H,8-9H2,1-4H3,(H,26,27);1-2H3. The van der Waals surface area contributed by atoms with E-state index >= 15 is 0 Å². The molecule has 1 aromatic carbocycles. The van der Waals surface area contributed by atoms with E-state index in [4.69, 9.17) is 9.47 Å². The number of anilines is 1. The van der Waals surface area contributed by atoms with E-state index in [1.165, 1.54) is 23.3 Å². The first-order valence-corrected chi connectivity index (χ1v) is 12.7. The molecule has 4 aromatic rings. The van der Waals surface area contributed by atoms with E-state index in [1.54, 1.807) is 14.2 Å². The molecule has 1 N–H and O–H groups in total. The molecular weight excluding hydrogens is 470 g/mol. The van der Waals surface area contributed by atoms with Crippen LogP contribution in [0.2, 0.25) is 0 Å². The van der Waals surface area contributed by atoms with E-state index in [0.717, 1.165) is 34.3 Å². The number of methoxy groups -OCH3 is 2. The van der Waals surface area contributed by atoms with E-state index in [-0.39, 0.29) is 0 Å². The quantitative estimate of drug-likeness (QED) is 0.248. The Morgan fingerprint density at radius 3 is 2.29 bits per heavy atom. The molecule has 0 atom stereocenters. The Kier molecular flexibility index (Phi) is 9.23. The number of benzene rings is 1. The van der Waals surface area contributed by atoms with Gasteiger partial charge in [0.2, 0.25) is 5.95 Å². The molecule has 180 valence electrons. The van der Waals surface area contributed by atoms with Crippen molar-refractivity contribution in [3.05, 3.63) is 53.1 Å². The zero-order valence-electron chi connectivity index (χ0n) is 20.2. The molecule has 9 nitrogen and oxygen atoms in total. The van der Waals surface area contributed by atoms with Crippen LogP contribution in [0, 0.1) is 13.8 Å². The maximum absolute atomic E-state index is 5.63. The lowest BCUT2D eigenvalue weighted by molar-refractivity contribution is 0.391. The summed E-state index contributed by atoms with van der Waals surface area (Å²) in [4.78, 5) is 13.3. The molecule has 11 heteroatoms. The highest BCUT2D eigenvalue weighted by Gasteiger charge is 2.23. The Labute approximate surface area is 208 Å². The highest BCUT2D eigenvalue weighted by Crippen LogP contribution is 2.38. The fourth-order valence-electron chi connectivity index (χ4n) is 3.02. The van der Waals surface area contributed by atoms with Crippen molar-refractivity contribution in [1.82, 2.24) is 29.7 Å². The predicted molar refractivity (Wildman–Crippen MR) is 138 cm³/mol. The number of para-hydroxylation sites is 1. The summed E-state index contributed by atoms with van der Waals surface area (Å²) in [7, 11) is 3.25. The van der Waals surface area contributed by atoms with Gasteiger partial charge in [0.15, 0.2) is 10.8 Å². The van der Waals surface area contributed by atoms with Crippen LogP contribution in [0.5, 0.6) is 11.5 Å². The van der Waals surface area contributed by atoms with Crippen molar-refractivity contribution in [2.75, 3.05) is 24.7 Å². The molecule has 3 heterocycles. The van der Waals surface area contributed by atoms with Gasteiger partial charge in [-0.25, -0.2) is 15.0 Å². The Bertz CT molecular complexity index is 1170. The second kappa shape index (κ2) is 12.3. The molecule has 0 radical (unpaired) electrons. The molecule has 0 bridgehead atoms. The van der Waals surface area contributed by atoms with Crippen LogP contribution in [0.25, 0.3) is 16.5 Å². The number of hydrogen-bond donors (Lipinski definition) is 1. The van der Waals surface area contributed by atoms with Crippen molar-refractivity contribution in [3.63, 3.8) is 0 Å². The molecule has 0 aliphatic heterocycles. The van der Waals surface area contributed by atoms with Gasteiger partial charge in [-0.3, -0.25) is 9.29 Å². The SMILES string of the molecule is CC.COc1cccc(OC)c1-n1c(NSCCc2ncc(C)cn2)nnc1-c1nc(C)cs1. The molecule has 0 unspecified atom stereocenters. The van der Waals surface area contributed by atoms with Gasteiger partial charge in [0.05, 0.1) is 14.2 Å². The zero-order chi connectivity index (χ0) is 24.5. The third-order valence-corrected chi connectivity index (χ3v) is 6.22. The second-order valence-corrected chi connectivity index (χ2v) is 8.62. The number of rotatable bonds is 9. The average molecular weight is 500 g/mol. The summed E-state index contributed by atoms with van der Waals surface area (Å²) in [6.45, 7) is 7.92. The summed E-state index contributed by atoms with van der Waals surface area (Å²) in [5, 5.41) is 11.6. The van der Waals surface area contributed by atoms with Crippen molar-refractivity contribution >= 4 is 29.2 Å². The molecule has 0 aliphatic rings. The van der Waals surface area contributed by atoms with Crippen LogP contribution in [-0.4, -0.2) is 49.7 Å². The predicted octanol–water partition coefficient (Wildman–Crippen LogP) is 5.14. The lowest BCUT2D eigenvalue weighted by atomic mass is 10.2. The largest absolute Gasteiger partial charge is 0.494 e. The fourth-order valence-corrected chi connectivity index (χ4v) is 4.43. The molecular formula is C23H29N7O2S2. The fraction of sp³-hybridized carbons (Fsp3) is 0.348. The number of aryl methyl sites for hydroxylation is 3. The van der Waals surface area contributed by atoms with Gasteiger partial charge in [0, 0.05) is 35.6 Å². The summed E-state index contributed by atoms with van der Waals surface area (Å²) in [5.74, 6) is 3.99. The zero-order valence-corrected chi connectivity index (χ0v) is 21.8. The average Bonchev–Trinajstić information content (AvgIpc) is 3.49. The molecule has 0 spiro atoms. The van der Waals surface area contributed by atoms with Crippen LogP contribution < -0.4 is 14.2 Å². The number of ether oxygens (including phenoxy) is 2. The van der Waals surface area contributed by atoms with E-state index in [2.05, 4.69) is 29.9 Å². The summed E-state index contributed by atoms with van der Waals surface area (Å²) >= 11 is 3.01. The van der Waals surface area contributed by atoms with E-state index in [1.807, 2.05) is 68.2 Å². The molecule has 0 amide bonds. The monoisotopic (exact) mass is 499 g/mol. The molecule has 0 aliphatic carbocycles. The Hall–Kier alpha value is -3.18. The minimum absolute atomic E-state index is 0.547. The van der Waals surface area contributed by atoms with Crippen molar-refractivity contribution < 1.29 is 9.47 Å². The number of hydrogen-bond acceptors (Lipinski definition) is 10. The summed E-state index contributed by atoms with van der Waals surface area (Å²) in [6, 6.07) is 5.63. The lowest BCUT2D eigenvalue weighted by Gasteiger charge is -2.16. The van der Waals surface area contributed by atoms with Crippen molar-refractivity contribution in [1.29, 1.82) is 0 Å². The molecule has 0 saturated carbocycles. The Morgan fingerprint density at radius 1 is 1.03 bits per heavy atom. The molecule has 0 saturated heterocycles. The maximum Gasteiger partial charge on any atom is 0.239 e. The van der Waals surface area contributed by atoms with Gasteiger partial charge in [-0.15, -0.1) is 21.5 Å². The first-order valence-electron chi connectivity index (χ1n) is 10.8. The number of thiazole rings is 1. The smallest absolute Gasteiger partial charge is 0.239 e. The topological polar surface area (TPSA) is 99.9 Å².